The third kappa shape index (κ3) is 5.52. The number of hydrogen-bond acceptors (Lipinski definition) is 7. The Balaban J connectivity index is 1.53. The number of phenols is 1. The number of hydrazone groups is 1. The molecule has 1 amide bonds. The molecule has 0 aliphatic rings. The van der Waals surface area contributed by atoms with Crippen molar-refractivity contribution in [3.8, 4) is 22.9 Å². The van der Waals surface area contributed by atoms with Crippen molar-refractivity contribution in [1.82, 2.24) is 20.2 Å². The van der Waals surface area contributed by atoms with Crippen LogP contribution in [-0.2, 0) is 11.8 Å². The number of halogens is 1. The number of phenolic OH excluding ortho intramolecular Hbond substituents is 1. The van der Waals surface area contributed by atoms with E-state index in [0.29, 0.717) is 33.9 Å². The molecule has 0 atom stereocenters. The number of amides is 1. The number of aromatic nitrogens is 3. The number of hydrogen-bond donors (Lipinski definition) is 2. The van der Waals surface area contributed by atoms with Gasteiger partial charge in [-0.2, -0.15) is 5.10 Å². The Bertz CT molecular complexity index is 1050. The molecule has 3 rings (SSSR count). The summed E-state index contributed by atoms with van der Waals surface area (Å²) >= 11 is 7.17. The molecule has 0 radical (unpaired) electrons. The summed E-state index contributed by atoms with van der Waals surface area (Å²) in [4.78, 5) is 12.1. The van der Waals surface area contributed by atoms with Gasteiger partial charge in [-0.15, -0.1) is 10.2 Å². The Morgan fingerprint density at radius 2 is 2.07 bits per heavy atom. The summed E-state index contributed by atoms with van der Waals surface area (Å²) in [5.74, 6) is 0.932. The van der Waals surface area contributed by atoms with Crippen LogP contribution >= 0.6 is 23.4 Å². The Labute approximate surface area is 182 Å². The van der Waals surface area contributed by atoms with Gasteiger partial charge in [0, 0.05) is 17.6 Å². The number of benzene rings is 2. The second-order valence-corrected chi connectivity index (χ2v) is 7.49. The summed E-state index contributed by atoms with van der Waals surface area (Å²) in [6.45, 7) is 2.29. The molecule has 0 saturated carbocycles. The molecule has 3 aromatic rings. The first kappa shape index (κ1) is 21.7. The summed E-state index contributed by atoms with van der Waals surface area (Å²) in [5, 5.41) is 23.3. The normalized spacial score (nSPS) is 11.0. The first-order valence-corrected chi connectivity index (χ1v) is 10.4. The fourth-order valence-electron chi connectivity index (χ4n) is 2.52. The monoisotopic (exact) mass is 445 g/mol. The highest BCUT2D eigenvalue weighted by molar-refractivity contribution is 7.99. The van der Waals surface area contributed by atoms with Crippen LogP contribution in [0.25, 0.3) is 11.4 Å². The maximum Gasteiger partial charge on any atom is 0.250 e. The Hall–Kier alpha value is -3.04. The largest absolute Gasteiger partial charge is 0.504 e. The maximum atomic E-state index is 12.1. The molecule has 2 N–H and O–H groups in total. The molecule has 0 spiro atoms. The van der Waals surface area contributed by atoms with Gasteiger partial charge in [0.1, 0.15) is 0 Å². The lowest BCUT2D eigenvalue weighted by atomic mass is 10.2. The van der Waals surface area contributed by atoms with Crippen molar-refractivity contribution in [3.05, 3.63) is 53.1 Å². The first-order valence-electron chi connectivity index (χ1n) is 9.03. The summed E-state index contributed by atoms with van der Waals surface area (Å²) in [7, 11) is 1.83. The number of carbonyl (C=O) groups is 1. The van der Waals surface area contributed by atoms with Crippen molar-refractivity contribution in [2.45, 2.75) is 12.1 Å². The summed E-state index contributed by atoms with van der Waals surface area (Å²) in [6, 6.07) is 12.2. The SMILES string of the molecule is CCOc1ccc(/C=N\NC(=O)CSc2nnc(-c3ccc(Cl)cc3)n2C)cc1O. The number of rotatable bonds is 8. The number of aromatic hydroxyl groups is 1. The lowest BCUT2D eigenvalue weighted by Gasteiger charge is -2.05. The molecule has 0 saturated heterocycles. The fraction of sp³-hybridized carbons (Fsp3) is 0.200. The lowest BCUT2D eigenvalue weighted by Crippen LogP contribution is -2.19. The van der Waals surface area contributed by atoms with Gasteiger partial charge in [-0.05, 0) is 55.0 Å². The van der Waals surface area contributed by atoms with Crippen LogP contribution in [0.2, 0.25) is 5.02 Å². The van der Waals surface area contributed by atoms with Crippen LogP contribution in [0.5, 0.6) is 11.5 Å². The minimum absolute atomic E-state index is 0.0152. The highest BCUT2D eigenvalue weighted by Gasteiger charge is 2.12. The minimum Gasteiger partial charge on any atom is -0.504 e. The number of carbonyl (C=O) groups excluding carboxylic acids is 1. The van der Waals surface area contributed by atoms with Crippen LogP contribution in [0.15, 0.2) is 52.7 Å². The second-order valence-electron chi connectivity index (χ2n) is 6.11. The van der Waals surface area contributed by atoms with Gasteiger partial charge in [0.05, 0.1) is 18.6 Å². The van der Waals surface area contributed by atoms with E-state index < -0.39 is 0 Å². The first-order chi connectivity index (χ1) is 14.5. The van der Waals surface area contributed by atoms with Gasteiger partial charge < -0.3 is 14.4 Å². The van der Waals surface area contributed by atoms with Crippen LogP contribution in [0, 0.1) is 0 Å². The fourth-order valence-corrected chi connectivity index (χ4v) is 3.35. The summed E-state index contributed by atoms with van der Waals surface area (Å²) < 4.78 is 7.08. The minimum atomic E-state index is -0.289. The van der Waals surface area contributed by atoms with Crippen LogP contribution in [0.1, 0.15) is 12.5 Å². The van der Waals surface area contributed by atoms with Crippen molar-refractivity contribution in [2.75, 3.05) is 12.4 Å². The van der Waals surface area contributed by atoms with Gasteiger partial charge >= 0.3 is 0 Å². The van der Waals surface area contributed by atoms with Crippen LogP contribution < -0.4 is 10.2 Å². The van der Waals surface area contributed by atoms with E-state index in [0.717, 1.165) is 5.56 Å². The molecule has 0 bridgehead atoms. The van der Waals surface area contributed by atoms with Gasteiger partial charge in [-0.1, -0.05) is 23.4 Å². The zero-order chi connectivity index (χ0) is 21.5. The van der Waals surface area contributed by atoms with E-state index in [1.807, 2.05) is 30.7 Å². The van der Waals surface area contributed by atoms with Crippen molar-refractivity contribution < 1.29 is 14.6 Å². The third-order valence-electron chi connectivity index (χ3n) is 3.96. The maximum absolute atomic E-state index is 12.1. The van der Waals surface area contributed by atoms with E-state index in [4.69, 9.17) is 16.3 Å². The van der Waals surface area contributed by atoms with Crippen molar-refractivity contribution in [1.29, 1.82) is 0 Å². The van der Waals surface area contributed by atoms with Gasteiger partial charge in [0.15, 0.2) is 22.5 Å². The molecule has 0 unspecified atom stereocenters. The summed E-state index contributed by atoms with van der Waals surface area (Å²) in [6.07, 6.45) is 1.44. The summed E-state index contributed by atoms with van der Waals surface area (Å²) in [5.41, 5.74) is 3.96. The zero-order valence-corrected chi connectivity index (χ0v) is 17.9. The number of ether oxygens (including phenoxy) is 1. The smallest absolute Gasteiger partial charge is 0.250 e. The number of nitrogens with one attached hydrogen (secondary N) is 1. The molecule has 156 valence electrons. The van der Waals surface area contributed by atoms with E-state index in [-0.39, 0.29) is 17.4 Å². The molecule has 0 aliphatic carbocycles. The zero-order valence-electron chi connectivity index (χ0n) is 16.4. The van der Waals surface area contributed by atoms with Crippen LogP contribution in [-0.4, -0.2) is 44.4 Å². The van der Waals surface area contributed by atoms with Gasteiger partial charge in [0.25, 0.3) is 5.91 Å². The molecule has 2 aromatic carbocycles. The predicted octanol–water partition coefficient (Wildman–Crippen LogP) is 3.48. The Morgan fingerprint density at radius 3 is 2.77 bits per heavy atom. The number of nitrogens with zero attached hydrogens (tertiary/aromatic N) is 4. The van der Waals surface area contributed by atoms with Crippen LogP contribution in [0.4, 0.5) is 0 Å². The van der Waals surface area contributed by atoms with E-state index in [1.54, 1.807) is 24.3 Å². The predicted molar refractivity (Wildman–Crippen MR) is 117 cm³/mol. The van der Waals surface area contributed by atoms with E-state index >= 15 is 0 Å². The van der Waals surface area contributed by atoms with E-state index in [2.05, 4.69) is 20.7 Å². The van der Waals surface area contributed by atoms with E-state index in [9.17, 15) is 9.90 Å². The molecule has 0 fully saturated rings. The van der Waals surface area contributed by atoms with Crippen molar-refractivity contribution in [3.63, 3.8) is 0 Å². The highest BCUT2D eigenvalue weighted by Crippen LogP contribution is 2.26. The second kappa shape index (κ2) is 10.1. The molecule has 10 heteroatoms. The molecule has 8 nitrogen and oxygen atoms in total. The Morgan fingerprint density at radius 1 is 1.30 bits per heavy atom. The molecular weight excluding hydrogens is 426 g/mol. The van der Waals surface area contributed by atoms with Gasteiger partial charge in [0.2, 0.25) is 0 Å². The average molecular weight is 446 g/mol. The Kier molecular flexibility index (Phi) is 7.31. The van der Waals surface area contributed by atoms with E-state index in [1.165, 1.54) is 24.0 Å². The third-order valence-corrected chi connectivity index (χ3v) is 5.23. The molecule has 1 heterocycles. The number of thioether (sulfide) groups is 1. The topological polar surface area (TPSA) is 102 Å². The quantitative estimate of drug-likeness (QED) is 0.312. The van der Waals surface area contributed by atoms with Gasteiger partial charge in [-0.3, -0.25) is 4.79 Å². The average Bonchev–Trinajstić information content (AvgIpc) is 3.09. The van der Waals surface area contributed by atoms with Crippen molar-refractivity contribution >= 4 is 35.5 Å². The highest BCUT2D eigenvalue weighted by atomic mass is 35.5. The molecule has 1 aromatic heterocycles. The standard InChI is InChI=1S/C20H20ClN5O3S/c1-3-29-17-9-4-13(10-16(17)27)11-22-23-18(28)12-30-20-25-24-19(26(20)2)14-5-7-15(21)8-6-14/h4-11,27H,3,12H2,1-2H3,(H,23,28)/b22-11-. The van der Waals surface area contributed by atoms with Crippen molar-refractivity contribution in [2.24, 2.45) is 12.1 Å². The van der Waals surface area contributed by atoms with Crippen LogP contribution in [0.3, 0.4) is 0 Å². The van der Waals surface area contributed by atoms with Gasteiger partial charge in [-0.25, -0.2) is 5.43 Å². The molecular formula is C20H20ClN5O3S. The molecule has 0 aliphatic heterocycles. The lowest BCUT2D eigenvalue weighted by molar-refractivity contribution is -0.118. The molecule has 30 heavy (non-hydrogen) atoms.